The first-order valence-electron chi connectivity index (χ1n) is 5.45. The average Bonchev–Trinajstić information content (AvgIpc) is 2.17. The second-order valence-electron chi connectivity index (χ2n) is 4.30. The third kappa shape index (κ3) is 2.18. The highest BCUT2D eigenvalue weighted by molar-refractivity contribution is 5.99. The molecule has 1 N–H and O–H groups in total. The van der Waals surface area contributed by atoms with E-state index < -0.39 is 0 Å². The van der Waals surface area contributed by atoms with Crippen molar-refractivity contribution in [2.45, 2.75) is 25.4 Å². The number of piperidine rings is 1. The van der Waals surface area contributed by atoms with Gasteiger partial charge in [-0.2, -0.15) is 0 Å². The van der Waals surface area contributed by atoms with Gasteiger partial charge in [0.25, 0.3) is 0 Å². The Morgan fingerprint density at radius 3 is 2.40 bits per heavy atom. The molecule has 2 fully saturated rings. The average molecular weight is 211 g/mol. The van der Waals surface area contributed by atoms with Crippen LogP contribution >= 0.6 is 0 Å². The molecule has 2 aliphatic heterocycles. The molecule has 5 heteroatoms. The van der Waals surface area contributed by atoms with Crippen molar-refractivity contribution in [2.24, 2.45) is 0 Å². The van der Waals surface area contributed by atoms with Crippen molar-refractivity contribution in [1.29, 1.82) is 0 Å². The van der Waals surface area contributed by atoms with Crippen LogP contribution < -0.4 is 5.32 Å². The van der Waals surface area contributed by atoms with Crippen LogP contribution in [0.4, 0.5) is 0 Å². The van der Waals surface area contributed by atoms with Crippen molar-refractivity contribution in [3.63, 3.8) is 0 Å². The van der Waals surface area contributed by atoms with Crippen LogP contribution in [0, 0.1) is 0 Å². The Balaban J connectivity index is 2.05. The van der Waals surface area contributed by atoms with Crippen molar-refractivity contribution < 1.29 is 9.59 Å². The van der Waals surface area contributed by atoms with Crippen LogP contribution in [-0.2, 0) is 9.59 Å². The van der Waals surface area contributed by atoms with Crippen LogP contribution in [0.25, 0.3) is 0 Å². The quantitative estimate of drug-likeness (QED) is 0.588. The zero-order valence-corrected chi connectivity index (χ0v) is 9.03. The Bertz CT molecular complexity index is 256. The van der Waals surface area contributed by atoms with E-state index in [1.165, 1.54) is 4.90 Å². The fourth-order valence-electron chi connectivity index (χ4n) is 2.21. The predicted molar refractivity (Wildman–Crippen MR) is 55.0 cm³/mol. The third-order valence-electron chi connectivity index (χ3n) is 2.94. The SMILES string of the molecule is CN1CC(=O)N(C2CCCCN2)C(=O)C1. The monoisotopic (exact) mass is 211 g/mol. The number of likely N-dealkylation sites (N-methyl/N-ethyl adjacent to an activating group) is 1. The van der Waals surface area contributed by atoms with Crippen molar-refractivity contribution >= 4 is 11.8 Å². The molecule has 2 saturated heterocycles. The number of piperazine rings is 1. The molecule has 15 heavy (non-hydrogen) atoms. The largest absolute Gasteiger partial charge is 0.297 e. The molecule has 0 aromatic heterocycles. The summed E-state index contributed by atoms with van der Waals surface area (Å²) in [6.07, 6.45) is 3.05. The second kappa shape index (κ2) is 4.28. The molecular formula is C10H17N3O2. The lowest BCUT2D eigenvalue weighted by atomic mass is 10.1. The Kier molecular flexibility index (Phi) is 3.02. The van der Waals surface area contributed by atoms with E-state index in [9.17, 15) is 9.59 Å². The molecule has 0 radical (unpaired) electrons. The summed E-state index contributed by atoms with van der Waals surface area (Å²) >= 11 is 0. The van der Waals surface area contributed by atoms with Gasteiger partial charge in [-0.05, 0) is 32.9 Å². The normalized spacial score (nSPS) is 29.7. The number of carbonyl (C=O) groups excluding carboxylic acids is 2. The number of imide groups is 1. The van der Waals surface area contributed by atoms with Gasteiger partial charge in [0.15, 0.2) is 0 Å². The van der Waals surface area contributed by atoms with Gasteiger partial charge in [-0.1, -0.05) is 0 Å². The molecule has 1 unspecified atom stereocenters. The number of rotatable bonds is 1. The topological polar surface area (TPSA) is 52.7 Å². The van der Waals surface area contributed by atoms with E-state index in [1.807, 2.05) is 0 Å². The van der Waals surface area contributed by atoms with Crippen LogP contribution in [0.1, 0.15) is 19.3 Å². The van der Waals surface area contributed by atoms with Crippen LogP contribution in [-0.4, -0.2) is 54.5 Å². The summed E-state index contributed by atoms with van der Waals surface area (Å²) in [5, 5.41) is 3.23. The van der Waals surface area contributed by atoms with Gasteiger partial charge in [-0.15, -0.1) is 0 Å². The van der Waals surface area contributed by atoms with E-state index in [0.29, 0.717) is 13.1 Å². The number of carbonyl (C=O) groups is 2. The zero-order valence-electron chi connectivity index (χ0n) is 9.03. The number of hydrogen-bond donors (Lipinski definition) is 1. The highest BCUT2D eigenvalue weighted by Crippen LogP contribution is 2.14. The first kappa shape index (κ1) is 10.6. The standard InChI is InChI=1S/C10H17N3O2/c1-12-6-9(14)13(10(15)7-12)8-4-2-3-5-11-8/h8,11H,2-7H2,1H3. The van der Waals surface area contributed by atoms with Gasteiger partial charge in [0, 0.05) is 0 Å². The van der Waals surface area contributed by atoms with Gasteiger partial charge in [-0.25, -0.2) is 0 Å². The summed E-state index contributed by atoms with van der Waals surface area (Å²) in [5.74, 6) is -0.152. The zero-order chi connectivity index (χ0) is 10.8. The molecule has 2 amide bonds. The Labute approximate surface area is 89.4 Å². The molecule has 0 saturated carbocycles. The van der Waals surface area contributed by atoms with E-state index in [4.69, 9.17) is 0 Å². The molecule has 0 spiro atoms. The number of nitrogens with one attached hydrogen (secondary N) is 1. The summed E-state index contributed by atoms with van der Waals surface area (Å²) < 4.78 is 0. The summed E-state index contributed by atoms with van der Waals surface area (Å²) in [7, 11) is 1.79. The molecular weight excluding hydrogens is 194 g/mol. The minimum absolute atomic E-state index is 0.0625. The van der Waals surface area contributed by atoms with E-state index in [2.05, 4.69) is 5.32 Å². The first-order chi connectivity index (χ1) is 7.18. The van der Waals surface area contributed by atoms with Crippen LogP contribution in [0.15, 0.2) is 0 Å². The number of hydrogen-bond acceptors (Lipinski definition) is 4. The lowest BCUT2D eigenvalue weighted by Crippen LogP contribution is -2.60. The molecule has 2 aliphatic rings. The van der Waals surface area contributed by atoms with Gasteiger partial charge in [-0.3, -0.25) is 24.7 Å². The number of amides is 2. The predicted octanol–water partition coefficient (Wildman–Crippen LogP) is -0.613. The lowest BCUT2D eigenvalue weighted by Gasteiger charge is -2.38. The summed E-state index contributed by atoms with van der Waals surface area (Å²) in [5.41, 5.74) is 0. The molecule has 0 bridgehead atoms. The van der Waals surface area contributed by atoms with Gasteiger partial charge in [0.1, 0.15) is 0 Å². The highest BCUT2D eigenvalue weighted by Gasteiger charge is 2.34. The van der Waals surface area contributed by atoms with Crippen molar-refractivity contribution in [2.75, 3.05) is 26.7 Å². The van der Waals surface area contributed by atoms with Gasteiger partial charge in [0.2, 0.25) is 11.8 Å². The smallest absolute Gasteiger partial charge is 0.244 e. The molecule has 0 aromatic carbocycles. The highest BCUT2D eigenvalue weighted by atomic mass is 16.2. The van der Waals surface area contributed by atoms with E-state index >= 15 is 0 Å². The van der Waals surface area contributed by atoms with Crippen LogP contribution in [0.5, 0.6) is 0 Å². The Morgan fingerprint density at radius 2 is 1.87 bits per heavy atom. The first-order valence-corrected chi connectivity index (χ1v) is 5.45. The Hall–Kier alpha value is -0.940. The summed E-state index contributed by atoms with van der Waals surface area (Å²) in [6.45, 7) is 1.60. The fourth-order valence-corrected chi connectivity index (χ4v) is 2.21. The second-order valence-corrected chi connectivity index (χ2v) is 4.30. The maximum absolute atomic E-state index is 11.7. The maximum Gasteiger partial charge on any atom is 0.244 e. The summed E-state index contributed by atoms with van der Waals surface area (Å²) in [4.78, 5) is 26.6. The van der Waals surface area contributed by atoms with Crippen molar-refractivity contribution in [1.82, 2.24) is 15.1 Å². The van der Waals surface area contributed by atoms with Gasteiger partial charge in [0.05, 0.1) is 19.3 Å². The molecule has 2 heterocycles. The van der Waals surface area contributed by atoms with E-state index in [1.54, 1.807) is 11.9 Å². The number of nitrogens with zero attached hydrogens (tertiary/aromatic N) is 2. The minimum Gasteiger partial charge on any atom is -0.297 e. The summed E-state index contributed by atoms with van der Waals surface area (Å²) in [6, 6.07) is 0. The lowest BCUT2D eigenvalue weighted by molar-refractivity contribution is -0.155. The minimum atomic E-state index is -0.0758. The molecule has 84 valence electrons. The van der Waals surface area contributed by atoms with E-state index in [0.717, 1.165) is 25.8 Å². The van der Waals surface area contributed by atoms with Gasteiger partial charge < -0.3 is 0 Å². The van der Waals surface area contributed by atoms with Crippen molar-refractivity contribution in [3.05, 3.63) is 0 Å². The maximum atomic E-state index is 11.7. The molecule has 5 nitrogen and oxygen atoms in total. The van der Waals surface area contributed by atoms with Gasteiger partial charge >= 0.3 is 0 Å². The molecule has 1 atom stereocenters. The van der Waals surface area contributed by atoms with Crippen LogP contribution in [0.3, 0.4) is 0 Å². The molecule has 2 rings (SSSR count). The fraction of sp³-hybridized carbons (Fsp3) is 0.800. The Morgan fingerprint density at radius 1 is 1.20 bits per heavy atom. The third-order valence-corrected chi connectivity index (χ3v) is 2.94. The van der Waals surface area contributed by atoms with E-state index in [-0.39, 0.29) is 18.0 Å². The molecule has 0 aliphatic carbocycles. The van der Waals surface area contributed by atoms with Crippen LogP contribution in [0.2, 0.25) is 0 Å². The molecule has 0 aromatic rings. The van der Waals surface area contributed by atoms with Crippen molar-refractivity contribution in [3.8, 4) is 0 Å².